The highest BCUT2D eigenvalue weighted by molar-refractivity contribution is 7.90. The largest absolute Gasteiger partial charge is 0.456 e. The number of benzene rings is 2. The van der Waals surface area contributed by atoms with Crippen LogP contribution in [0.15, 0.2) is 52.4 Å². The molecule has 0 spiro atoms. The second kappa shape index (κ2) is 10.9. The monoisotopic (exact) mass is 488 g/mol. The van der Waals surface area contributed by atoms with Crippen LogP contribution in [-0.4, -0.2) is 44.2 Å². The highest BCUT2D eigenvalue weighted by Gasteiger charge is 2.29. The van der Waals surface area contributed by atoms with E-state index in [9.17, 15) is 28.1 Å². The fourth-order valence-corrected chi connectivity index (χ4v) is 4.56. The molecule has 0 unspecified atom stereocenters. The van der Waals surface area contributed by atoms with Gasteiger partial charge in [0.15, 0.2) is 6.61 Å². The Morgan fingerprint density at radius 2 is 1.91 bits per heavy atom. The Morgan fingerprint density at radius 1 is 1.15 bits per heavy atom. The molecule has 3 rings (SSSR count). The minimum atomic E-state index is -3.56. The van der Waals surface area contributed by atoms with Gasteiger partial charge in [-0.1, -0.05) is 18.6 Å². The third-order valence-electron chi connectivity index (χ3n) is 5.03. The number of nitro benzene ring substituents is 1. The lowest BCUT2D eigenvalue weighted by Crippen LogP contribution is -2.22. The summed E-state index contributed by atoms with van der Waals surface area (Å²) >= 11 is 0. The van der Waals surface area contributed by atoms with E-state index in [0.29, 0.717) is 48.5 Å². The summed E-state index contributed by atoms with van der Waals surface area (Å²) in [7, 11) is -3.56. The van der Waals surface area contributed by atoms with Crippen LogP contribution in [0.5, 0.6) is 0 Å². The van der Waals surface area contributed by atoms with Crippen LogP contribution >= 0.6 is 0 Å². The average molecular weight is 489 g/mol. The number of anilines is 1. The first-order valence-electron chi connectivity index (χ1n) is 10.5. The second-order valence-corrected chi connectivity index (χ2v) is 9.26. The summed E-state index contributed by atoms with van der Waals surface area (Å²) in [5.74, 6) is -0.732. The highest BCUT2D eigenvalue weighted by atomic mass is 32.2. The molecule has 0 bridgehead atoms. The number of non-ortho nitro benzene ring substituents is 1. The molecule has 1 aliphatic heterocycles. The van der Waals surface area contributed by atoms with Crippen molar-refractivity contribution in [2.24, 2.45) is 4.99 Å². The number of nitrogens with one attached hydrogen (secondary N) is 2. The molecule has 34 heavy (non-hydrogen) atoms. The number of fused-ring (bicyclic) bond motifs is 1. The first-order valence-corrected chi connectivity index (χ1v) is 12.0. The molecule has 11 nitrogen and oxygen atoms in total. The number of aryl methyl sites for hydroxylation is 1. The summed E-state index contributed by atoms with van der Waals surface area (Å²) in [6.45, 7) is 1.57. The molecule has 0 aromatic heterocycles. The molecular formula is C22H24N4O7S. The van der Waals surface area contributed by atoms with Crippen molar-refractivity contribution < 1.29 is 27.7 Å². The predicted molar refractivity (Wildman–Crippen MR) is 124 cm³/mol. The molecule has 2 aromatic carbocycles. The van der Waals surface area contributed by atoms with Crippen molar-refractivity contribution in [1.29, 1.82) is 0 Å². The molecule has 2 aromatic rings. The fourth-order valence-electron chi connectivity index (χ4n) is 3.31. The molecule has 0 fully saturated rings. The van der Waals surface area contributed by atoms with E-state index in [0.717, 1.165) is 0 Å². The predicted octanol–water partition coefficient (Wildman–Crippen LogP) is 2.68. The van der Waals surface area contributed by atoms with Gasteiger partial charge in [0.1, 0.15) is 5.84 Å². The van der Waals surface area contributed by atoms with Crippen LogP contribution in [0, 0.1) is 17.0 Å². The van der Waals surface area contributed by atoms with Crippen molar-refractivity contribution >= 4 is 39.1 Å². The molecule has 180 valence electrons. The van der Waals surface area contributed by atoms with Crippen LogP contribution in [-0.2, 0) is 24.3 Å². The van der Waals surface area contributed by atoms with Crippen molar-refractivity contribution in [2.45, 2.75) is 37.5 Å². The summed E-state index contributed by atoms with van der Waals surface area (Å²) in [4.78, 5) is 38.6. The van der Waals surface area contributed by atoms with Crippen LogP contribution < -0.4 is 10.0 Å². The number of amidine groups is 1. The zero-order chi connectivity index (χ0) is 24.7. The molecule has 0 saturated heterocycles. The first-order chi connectivity index (χ1) is 16.2. The molecule has 12 heteroatoms. The first kappa shape index (κ1) is 24.8. The molecule has 1 heterocycles. The highest BCUT2D eigenvalue weighted by Crippen LogP contribution is 2.22. The number of amides is 1. The van der Waals surface area contributed by atoms with Gasteiger partial charge in [-0.05, 0) is 43.5 Å². The van der Waals surface area contributed by atoms with E-state index >= 15 is 0 Å². The van der Waals surface area contributed by atoms with Crippen LogP contribution in [0.25, 0.3) is 0 Å². The van der Waals surface area contributed by atoms with Crippen LogP contribution in [0.1, 0.15) is 36.8 Å². The van der Waals surface area contributed by atoms with Gasteiger partial charge in [-0.25, -0.2) is 8.42 Å². The van der Waals surface area contributed by atoms with E-state index in [4.69, 9.17) is 4.74 Å². The van der Waals surface area contributed by atoms with Crippen molar-refractivity contribution in [2.75, 3.05) is 18.5 Å². The van der Waals surface area contributed by atoms with E-state index in [2.05, 4.69) is 15.0 Å². The smallest absolute Gasteiger partial charge is 0.306 e. The molecule has 0 aliphatic carbocycles. The van der Waals surface area contributed by atoms with Crippen molar-refractivity contribution in [1.82, 2.24) is 4.72 Å². The Kier molecular flexibility index (Phi) is 7.95. The van der Waals surface area contributed by atoms with Crippen molar-refractivity contribution in [3.05, 3.63) is 63.7 Å². The van der Waals surface area contributed by atoms with Gasteiger partial charge < -0.3 is 10.1 Å². The Bertz CT molecular complexity index is 1240. The number of sulfonamides is 1. The summed E-state index contributed by atoms with van der Waals surface area (Å²) in [6, 6.07) is 10.7. The summed E-state index contributed by atoms with van der Waals surface area (Å²) < 4.78 is 31.5. The molecule has 1 amide bonds. The van der Waals surface area contributed by atoms with E-state index < -0.39 is 33.4 Å². The standard InChI is InChI=1S/C22H24N4O7S/c1-15-13-16(26(29)30)10-11-18(15)24-20(27)14-33-21(28)9-3-2-6-12-23-22-17-7-4-5-8-19(17)34(31,32)25-22/h4-5,7-8,10-11,13H,2-3,6,9,12,14H2,1H3,(H,23,25)(H,24,27). The van der Waals surface area contributed by atoms with E-state index in [1.807, 2.05) is 0 Å². The number of carbonyl (C=O) groups excluding carboxylic acids is 2. The second-order valence-electron chi connectivity index (χ2n) is 7.61. The lowest BCUT2D eigenvalue weighted by molar-refractivity contribution is -0.384. The van der Waals surface area contributed by atoms with E-state index in [1.165, 1.54) is 24.3 Å². The van der Waals surface area contributed by atoms with Crippen LogP contribution in [0.3, 0.4) is 0 Å². The lowest BCUT2D eigenvalue weighted by atomic mass is 10.2. The number of rotatable bonds is 10. The van der Waals surface area contributed by atoms with E-state index in [1.54, 1.807) is 25.1 Å². The number of aliphatic imine (C=N–C) groups is 1. The third kappa shape index (κ3) is 6.38. The van der Waals surface area contributed by atoms with E-state index in [-0.39, 0.29) is 17.0 Å². The zero-order valence-corrected chi connectivity index (χ0v) is 19.3. The fraction of sp³-hybridized carbons (Fsp3) is 0.318. The van der Waals surface area contributed by atoms with Gasteiger partial charge in [-0.15, -0.1) is 0 Å². The topological polar surface area (TPSA) is 157 Å². The average Bonchev–Trinajstić information content (AvgIpc) is 3.06. The number of carbonyl (C=O) groups is 2. The SMILES string of the molecule is Cc1cc([N+](=O)[O-])ccc1NC(=O)COC(=O)CCCCCN=C1NS(=O)(=O)c2ccccc21. The van der Waals surface area contributed by atoms with Crippen molar-refractivity contribution in [3.8, 4) is 0 Å². The van der Waals surface area contributed by atoms with Gasteiger partial charge in [0, 0.05) is 36.3 Å². The number of nitro groups is 1. The summed E-state index contributed by atoms with van der Waals surface area (Å²) in [6.07, 6.45) is 2.00. The Labute approximate surface area is 196 Å². The number of ether oxygens (including phenoxy) is 1. The number of unbranched alkanes of at least 4 members (excludes halogenated alkanes) is 2. The molecular weight excluding hydrogens is 464 g/mol. The van der Waals surface area contributed by atoms with Gasteiger partial charge in [-0.3, -0.25) is 29.4 Å². The quantitative estimate of drug-likeness (QED) is 0.225. The minimum Gasteiger partial charge on any atom is -0.456 e. The molecule has 1 aliphatic rings. The minimum absolute atomic E-state index is 0.0809. The number of nitrogens with zero attached hydrogens (tertiary/aromatic N) is 2. The summed E-state index contributed by atoms with van der Waals surface area (Å²) in [5.41, 5.74) is 1.39. The lowest BCUT2D eigenvalue weighted by Gasteiger charge is -2.09. The van der Waals surface area contributed by atoms with Gasteiger partial charge in [0.05, 0.1) is 9.82 Å². The Hall–Kier alpha value is -3.80. The summed E-state index contributed by atoms with van der Waals surface area (Å²) in [5, 5.41) is 13.3. The molecule has 0 atom stereocenters. The van der Waals surface area contributed by atoms with Crippen LogP contribution in [0.2, 0.25) is 0 Å². The maximum absolute atomic E-state index is 12.0. The molecule has 0 radical (unpaired) electrons. The van der Waals surface area contributed by atoms with Gasteiger partial charge >= 0.3 is 5.97 Å². The molecule has 2 N–H and O–H groups in total. The third-order valence-corrected chi connectivity index (χ3v) is 6.43. The maximum Gasteiger partial charge on any atom is 0.306 e. The number of esters is 1. The normalized spacial score (nSPS) is 14.8. The molecule has 0 saturated carbocycles. The number of hydrogen-bond donors (Lipinski definition) is 2. The van der Waals surface area contributed by atoms with Crippen LogP contribution in [0.4, 0.5) is 11.4 Å². The van der Waals surface area contributed by atoms with Gasteiger partial charge in [-0.2, -0.15) is 0 Å². The van der Waals surface area contributed by atoms with Crippen molar-refractivity contribution in [3.63, 3.8) is 0 Å². The zero-order valence-electron chi connectivity index (χ0n) is 18.4. The maximum atomic E-state index is 12.0. The van der Waals surface area contributed by atoms with Gasteiger partial charge in [0.2, 0.25) is 0 Å². The number of hydrogen-bond acceptors (Lipinski definition) is 8. The van der Waals surface area contributed by atoms with Gasteiger partial charge in [0.25, 0.3) is 21.6 Å². The Morgan fingerprint density at radius 3 is 2.65 bits per heavy atom. The Balaban J connectivity index is 1.34.